The molecule has 9 rings (SSSR count). The molecule has 1 spiro atoms. The van der Waals surface area contributed by atoms with Crippen LogP contribution in [0, 0.1) is 0 Å². The molecule has 0 saturated carbocycles. The molecule has 0 aliphatic heterocycles. The van der Waals surface area contributed by atoms with Crippen molar-refractivity contribution in [2.75, 3.05) is 4.90 Å². The van der Waals surface area contributed by atoms with Gasteiger partial charge in [-0.2, -0.15) is 0 Å². The van der Waals surface area contributed by atoms with E-state index >= 15 is 0 Å². The Bertz CT molecular complexity index is 2240. The summed E-state index contributed by atoms with van der Waals surface area (Å²) in [4.78, 5) is 2.37. The molecular formula is C46H33N. The Morgan fingerprint density at radius 1 is 0.404 bits per heavy atom. The largest absolute Gasteiger partial charge is 0.310 e. The van der Waals surface area contributed by atoms with E-state index in [2.05, 4.69) is 181 Å². The number of fused-ring (bicyclic) bond motifs is 8. The summed E-state index contributed by atoms with van der Waals surface area (Å²) in [6, 6.07) is 64.2. The molecule has 222 valence electrons. The van der Waals surface area contributed by atoms with Gasteiger partial charge in [0.25, 0.3) is 0 Å². The van der Waals surface area contributed by atoms with Crippen molar-refractivity contribution < 1.29 is 0 Å². The Labute approximate surface area is 276 Å². The number of rotatable bonds is 4. The molecule has 0 radical (unpaired) electrons. The van der Waals surface area contributed by atoms with Crippen LogP contribution in [0.5, 0.6) is 0 Å². The zero-order valence-corrected chi connectivity index (χ0v) is 26.1. The normalized spacial score (nSPS) is 15.7. The third-order valence-corrected chi connectivity index (χ3v) is 10.1. The summed E-state index contributed by atoms with van der Waals surface area (Å²) in [5.74, 6) is 0. The quantitative estimate of drug-likeness (QED) is 0.195. The van der Waals surface area contributed by atoms with Gasteiger partial charge < -0.3 is 4.90 Å². The number of para-hydroxylation sites is 2. The summed E-state index contributed by atoms with van der Waals surface area (Å²) in [6.07, 6.45) is 0.845. The molecule has 1 atom stereocenters. The first kappa shape index (κ1) is 27.4. The summed E-state index contributed by atoms with van der Waals surface area (Å²) in [7, 11) is 0. The SMILES string of the molecule is C=C1c2ccccc2CC2(c3cc(N(c4ccccc4)c4ccccc4)ccc31)c1ccccc1-c1ccc(-c3ccccc3)cc12. The van der Waals surface area contributed by atoms with E-state index in [1.807, 2.05) is 0 Å². The van der Waals surface area contributed by atoms with Crippen molar-refractivity contribution in [3.8, 4) is 22.3 Å². The van der Waals surface area contributed by atoms with Crippen LogP contribution in [-0.4, -0.2) is 0 Å². The molecule has 2 aliphatic carbocycles. The number of benzene rings is 7. The Hall–Kier alpha value is -5.92. The molecule has 47 heavy (non-hydrogen) atoms. The third-order valence-electron chi connectivity index (χ3n) is 10.1. The van der Waals surface area contributed by atoms with E-state index in [1.165, 1.54) is 55.6 Å². The van der Waals surface area contributed by atoms with Crippen molar-refractivity contribution in [3.63, 3.8) is 0 Å². The van der Waals surface area contributed by atoms with E-state index in [-0.39, 0.29) is 0 Å². The van der Waals surface area contributed by atoms with E-state index in [0.717, 1.165) is 29.1 Å². The van der Waals surface area contributed by atoms with Crippen LogP contribution in [0.15, 0.2) is 183 Å². The van der Waals surface area contributed by atoms with Crippen molar-refractivity contribution in [1.29, 1.82) is 0 Å². The number of hydrogen-bond acceptors (Lipinski definition) is 1. The average molecular weight is 600 g/mol. The second kappa shape index (κ2) is 10.9. The standard InChI is InChI=1S/C46H33N/c1-32-39-22-12-11-17-35(39)31-46(43-24-14-13-23-41(43)42-27-25-34(29-44(42)46)33-15-5-2-6-16-33)45-30-38(26-28-40(32)45)47(36-18-7-3-8-19-36)37-20-9-4-10-21-37/h2-30H,1,31H2. The summed E-state index contributed by atoms with van der Waals surface area (Å²) in [5, 5.41) is 0. The Morgan fingerprint density at radius 2 is 0.957 bits per heavy atom. The van der Waals surface area contributed by atoms with E-state index in [9.17, 15) is 0 Å². The zero-order valence-electron chi connectivity index (χ0n) is 26.1. The fraction of sp³-hybridized carbons (Fsp3) is 0.0435. The molecule has 0 N–H and O–H groups in total. The second-order valence-electron chi connectivity index (χ2n) is 12.6. The van der Waals surface area contributed by atoms with Crippen LogP contribution in [0.3, 0.4) is 0 Å². The van der Waals surface area contributed by atoms with Crippen LogP contribution in [-0.2, 0) is 11.8 Å². The summed E-state index contributed by atoms with van der Waals surface area (Å²) >= 11 is 0. The summed E-state index contributed by atoms with van der Waals surface area (Å²) < 4.78 is 0. The fourth-order valence-corrected chi connectivity index (χ4v) is 8.04. The van der Waals surface area contributed by atoms with E-state index < -0.39 is 5.41 Å². The van der Waals surface area contributed by atoms with Crippen molar-refractivity contribution >= 4 is 22.6 Å². The van der Waals surface area contributed by atoms with E-state index in [4.69, 9.17) is 6.58 Å². The van der Waals surface area contributed by atoms with Crippen molar-refractivity contribution in [2.45, 2.75) is 11.8 Å². The molecular weight excluding hydrogens is 567 g/mol. The molecule has 2 aliphatic rings. The van der Waals surface area contributed by atoms with Gasteiger partial charge in [0.1, 0.15) is 0 Å². The molecule has 0 saturated heterocycles. The maximum atomic E-state index is 4.77. The van der Waals surface area contributed by atoms with Crippen molar-refractivity contribution in [2.24, 2.45) is 0 Å². The molecule has 0 heterocycles. The minimum Gasteiger partial charge on any atom is -0.310 e. The van der Waals surface area contributed by atoms with Gasteiger partial charge in [-0.25, -0.2) is 0 Å². The van der Waals surface area contributed by atoms with Gasteiger partial charge in [0.15, 0.2) is 0 Å². The lowest BCUT2D eigenvalue weighted by Gasteiger charge is -2.35. The number of nitrogens with zero attached hydrogens (tertiary/aromatic N) is 1. The minimum atomic E-state index is -0.420. The lowest BCUT2D eigenvalue weighted by Crippen LogP contribution is -2.30. The van der Waals surface area contributed by atoms with Crippen LogP contribution >= 0.6 is 0 Å². The van der Waals surface area contributed by atoms with Gasteiger partial charge in [0.05, 0.1) is 5.41 Å². The van der Waals surface area contributed by atoms with Crippen LogP contribution in [0.4, 0.5) is 17.1 Å². The van der Waals surface area contributed by atoms with Gasteiger partial charge in [0.2, 0.25) is 0 Å². The lowest BCUT2D eigenvalue weighted by molar-refractivity contribution is 0.631. The fourth-order valence-electron chi connectivity index (χ4n) is 8.04. The maximum absolute atomic E-state index is 4.77. The predicted octanol–water partition coefficient (Wildman–Crippen LogP) is 11.8. The van der Waals surface area contributed by atoms with Gasteiger partial charge in [-0.05, 0) is 110 Å². The lowest BCUT2D eigenvalue weighted by atomic mass is 9.68. The van der Waals surface area contributed by atoms with Crippen molar-refractivity contribution in [1.82, 2.24) is 0 Å². The smallest absolute Gasteiger partial charge is 0.0511 e. The minimum absolute atomic E-state index is 0.420. The maximum Gasteiger partial charge on any atom is 0.0511 e. The number of anilines is 3. The van der Waals surface area contributed by atoms with Crippen LogP contribution in [0.1, 0.15) is 33.4 Å². The third kappa shape index (κ3) is 4.24. The highest BCUT2D eigenvalue weighted by Gasteiger charge is 2.48. The molecule has 0 bridgehead atoms. The average Bonchev–Trinajstić information content (AvgIpc) is 3.36. The van der Waals surface area contributed by atoms with Gasteiger partial charge in [-0.1, -0.05) is 140 Å². The van der Waals surface area contributed by atoms with Crippen molar-refractivity contribution in [3.05, 3.63) is 216 Å². The second-order valence-corrected chi connectivity index (χ2v) is 12.6. The number of hydrogen-bond donors (Lipinski definition) is 0. The van der Waals surface area contributed by atoms with Gasteiger partial charge in [-0.15, -0.1) is 0 Å². The molecule has 0 amide bonds. The molecule has 0 aromatic heterocycles. The van der Waals surface area contributed by atoms with E-state index in [1.54, 1.807) is 0 Å². The highest BCUT2D eigenvalue weighted by atomic mass is 15.1. The van der Waals surface area contributed by atoms with Crippen LogP contribution < -0.4 is 4.90 Å². The molecule has 1 heteroatoms. The molecule has 1 unspecified atom stereocenters. The Kier molecular flexibility index (Phi) is 6.33. The molecule has 7 aromatic rings. The predicted molar refractivity (Wildman–Crippen MR) is 197 cm³/mol. The molecule has 7 aromatic carbocycles. The summed E-state index contributed by atoms with van der Waals surface area (Å²) in [6.45, 7) is 4.77. The highest BCUT2D eigenvalue weighted by molar-refractivity contribution is 5.92. The monoisotopic (exact) mass is 599 g/mol. The summed E-state index contributed by atoms with van der Waals surface area (Å²) in [5.41, 5.74) is 16.9. The first-order valence-corrected chi connectivity index (χ1v) is 16.3. The van der Waals surface area contributed by atoms with Gasteiger partial charge in [0, 0.05) is 17.1 Å². The van der Waals surface area contributed by atoms with E-state index in [0.29, 0.717) is 0 Å². The highest BCUT2D eigenvalue weighted by Crippen LogP contribution is 2.58. The first-order chi connectivity index (χ1) is 23.2. The van der Waals surface area contributed by atoms with Gasteiger partial charge in [-0.3, -0.25) is 0 Å². The molecule has 1 nitrogen and oxygen atoms in total. The Balaban J connectivity index is 1.37. The van der Waals surface area contributed by atoms with Crippen LogP contribution in [0.25, 0.3) is 27.8 Å². The Morgan fingerprint density at radius 3 is 1.68 bits per heavy atom. The molecule has 0 fully saturated rings. The first-order valence-electron chi connectivity index (χ1n) is 16.3. The van der Waals surface area contributed by atoms with Crippen LogP contribution in [0.2, 0.25) is 0 Å². The van der Waals surface area contributed by atoms with Gasteiger partial charge >= 0.3 is 0 Å². The zero-order chi connectivity index (χ0) is 31.4. The topological polar surface area (TPSA) is 3.24 Å².